The lowest BCUT2D eigenvalue weighted by Crippen LogP contribution is -2.34. The first-order valence-corrected chi connectivity index (χ1v) is 9.11. The van der Waals surface area contributed by atoms with Crippen molar-refractivity contribution in [1.29, 1.82) is 0 Å². The first kappa shape index (κ1) is 18.0. The van der Waals surface area contributed by atoms with Gasteiger partial charge in [-0.25, -0.2) is 0 Å². The molecular weight excluding hydrogens is 326 g/mol. The number of hydrogen-bond donors (Lipinski definition) is 2. The molecule has 5 heteroatoms. The van der Waals surface area contributed by atoms with Gasteiger partial charge in [-0.2, -0.15) is 0 Å². The highest BCUT2D eigenvalue weighted by atomic mass is 16.2. The van der Waals surface area contributed by atoms with Crippen LogP contribution in [0.2, 0.25) is 0 Å². The zero-order valence-corrected chi connectivity index (χ0v) is 15.3. The summed E-state index contributed by atoms with van der Waals surface area (Å²) in [6.07, 6.45) is 1.80. The minimum atomic E-state index is -0.0735. The summed E-state index contributed by atoms with van der Waals surface area (Å²) < 4.78 is 0. The molecule has 0 radical (unpaired) electrons. The van der Waals surface area contributed by atoms with Crippen LogP contribution in [0.25, 0.3) is 0 Å². The van der Waals surface area contributed by atoms with E-state index in [1.807, 2.05) is 49.1 Å². The molecule has 1 atom stereocenters. The third-order valence-corrected chi connectivity index (χ3v) is 4.77. The van der Waals surface area contributed by atoms with Crippen molar-refractivity contribution in [1.82, 2.24) is 5.32 Å². The number of rotatable bonds is 6. The van der Waals surface area contributed by atoms with E-state index in [4.69, 9.17) is 0 Å². The van der Waals surface area contributed by atoms with Crippen LogP contribution in [0, 0.1) is 0 Å². The third kappa shape index (κ3) is 4.04. The number of benzene rings is 2. The van der Waals surface area contributed by atoms with Crippen LogP contribution in [0.3, 0.4) is 0 Å². The van der Waals surface area contributed by atoms with Crippen molar-refractivity contribution in [2.45, 2.75) is 32.7 Å². The highest BCUT2D eigenvalue weighted by molar-refractivity contribution is 5.98. The molecule has 1 heterocycles. The minimum absolute atomic E-state index is 0.0496. The molecule has 2 amide bonds. The summed E-state index contributed by atoms with van der Waals surface area (Å²) >= 11 is 0. The molecule has 1 aliphatic heterocycles. The Balaban J connectivity index is 1.55. The highest BCUT2D eigenvalue weighted by Crippen LogP contribution is 2.27. The number of hydrogen-bond acceptors (Lipinski definition) is 3. The standard InChI is InChI=1S/C21H25N3O2/c1-3-15(2)23-21(26)17-8-10-18(11-9-17)22-14-20(25)24-13-12-16-6-4-5-7-19(16)24/h4-11,15,22H,3,12-14H2,1-2H3,(H,23,26). The van der Waals surface area contributed by atoms with Crippen molar-refractivity contribution in [2.24, 2.45) is 0 Å². The fourth-order valence-corrected chi connectivity index (χ4v) is 3.02. The van der Waals surface area contributed by atoms with Crippen LogP contribution in [0.4, 0.5) is 11.4 Å². The van der Waals surface area contributed by atoms with Crippen molar-refractivity contribution in [3.05, 3.63) is 59.7 Å². The van der Waals surface area contributed by atoms with E-state index >= 15 is 0 Å². The predicted molar refractivity (Wildman–Crippen MR) is 105 cm³/mol. The maximum Gasteiger partial charge on any atom is 0.251 e. The van der Waals surface area contributed by atoms with Gasteiger partial charge < -0.3 is 15.5 Å². The average Bonchev–Trinajstić information content (AvgIpc) is 3.10. The average molecular weight is 351 g/mol. The Labute approximate surface area is 154 Å². The van der Waals surface area contributed by atoms with E-state index in [2.05, 4.69) is 16.7 Å². The van der Waals surface area contributed by atoms with Gasteiger partial charge in [0.2, 0.25) is 5.91 Å². The van der Waals surface area contributed by atoms with E-state index in [0.29, 0.717) is 5.56 Å². The van der Waals surface area contributed by atoms with Crippen LogP contribution >= 0.6 is 0 Å². The van der Waals surface area contributed by atoms with Crippen LogP contribution in [0.1, 0.15) is 36.2 Å². The summed E-state index contributed by atoms with van der Waals surface area (Å²) in [6, 6.07) is 15.4. The smallest absolute Gasteiger partial charge is 0.251 e. The molecule has 0 saturated carbocycles. The van der Waals surface area contributed by atoms with Gasteiger partial charge in [-0.3, -0.25) is 9.59 Å². The molecule has 0 bridgehead atoms. The topological polar surface area (TPSA) is 61.4 Å². The molecule has 0 fully saturated rings. The molecule has 1 unspecified atom stereocenters. The molecule has 2 aromatic carbocycles. The number of amides is 2. The number of carbonyl (C=O) groups is 2. The van der Waals surface area contributed by atoms with Crippen LogP contribution in [0.15, 0.2) is 48.5 Å². The number of nitrogens with one attached hydrogen (secondary N) is 2. The van der Waals surface area contributed by atoms with E-state index < -0.39 is 0 Å². The Morgan fingerprint density at radius 3 is 2.58 bits per heavy atom. The Bertz CT molecular complexity index is 786. The summed E-state index contributed by atoms with van der Waals surface area (Å²) in [5.41, 5.74) is 3.68. The van der Waals surface area contributed by atoms with Gasteiger partial charge in [0.1, 0.15) is 0 Å². The van der Waals surface area contributed by atoms with Gasteiger partial charge in [0, 0.05) is 29.5 Å². The van der Waals surface area contributed by atoms with Gasteiger partial charge in [-0.15, -0.1) is 0 Å². The molecule has 3 rings (SSSR count). The third-order valence-electron chi connectivity index (χ3n) is 4.77. The zero-order chi connectivity index (χ0) is 18.5. The molecule has 0 saturated heterocycles. The molecule has 5 nitrogen and oxygen atoms in total. The highest BCUT2D eigenvalue weighted by Gasteiger charge is 2.23. The number of nitrogens with zero attached hydrogens (tertiary/aromatic N) is 1. The number of fused-ring (bicyclic) bond motifs is 1. The molecule has 2 aromatic rings. The first-order valence-electron chi connectivity index (χ1n) is 9.11. The summed E-state index contributed by atoms with van der Waals surface area (Å²) in [6.45, 7) is 4.98. The first-order chi connectivity index (χ1) is 12.6. The van der Waals surface area contributed by atoms with Crippen molar-refractivity contribution in [2.75, 3.05) is 23.3 Å². The summed E-state index contributed by atoms with van der Waals surface area (Å²) in [5.74, 6) is -0.0239. The molecule has 136 valence electrons. The molecule has 2 N–H and O–H groups in total. The van der Waals surface area contributed by atoms with Gasteiger partial charge in [-0.05, 0) is 55.7 Å². The molecule has 0 spiro atoms. The molecular formula is C21H25N3O2. The van der Waals surface area contributed by atoms with Crippen LogP contribution in [0.5, 0.6) is 0 Å². The Hall–Kier alpha value is -2.82. The minimum Gasteiger partial charge on any atom is -0.376 e. The lowest BCUT2D eigenvalue weighted by Gasteiger charge is -2.18. The number of anilines is 2. The maximum absolute atomic E-state index is 12.5. The second-order valence-corrected chi connectivity index (χ2v) is 6.64. The molecule has 1 aliphatic rings. The largest absolute Gasteiger partial charge is 0.376 e. The van der Waals surface area contributed by atoms with Crippen LogP contribution in [-0.2, 0) is 11.2 Å². The van der Waals surface area contributed by atoms with Crippen molar-refractivity contribution in [3.63, 3.8) is 0 Å². The molecule has 0 aliphatic carbocycles. The van der Waals surface area contributed by atoms with E-state index in [-0.39, 0.29) is 24.4 Å². The summed E-state index contributed by atoms with van der Waals surface area (Å²) in [5, 5.41) is 6.09. The number of para-hydroxylation sites is 1. The van der Waals surface area contributed by atoms with Crippen LogP contribution < -0.4 is 15.5 Å². The Morgan fingerprint density at radius 1 is 1.12 bits per heavy atom. The normalized spacial score (nSPS) is 13.8. The summed E-state index contributed by atoms with van der Waals surface area (Å²) in [7, 11) is 0. The van der Waals surface area contributed by atoms with Gasteiger partial charge in [0.25, 0.3) is 5.91 Å². The van der Waals surface area contributed by atoms with Crippen molar-refractivity contribution >= 4 is 23.2 Å². The van der Waals surface area contributed by atoms with Gasteiger partial charge >= 0.3 is 0 Å². The van der Waals surface area contributed by atoms with Gasteiger partial charge in [0.15, 0.2) is 0 Å². The lowest BCUT2D eigenvalue weighted by molar-refractivity contribution is -0.116. The molecule has 0 aromatic heterocycles. The number of carbonyl (C=O) groups excluding carboxylic acids is 2. The fourth-order valence-electron chi connectivity index (χ4n) is 3.02. The van der Waals surface area contributed by atoms with Crippen LogP contribution in [-0.4, -0.2) is 30.9 Å². The summed E-state index contributed by atoms with van der Waals surface area (Å²) in [4.78, 5) is 26.4. The second-order valence-electron chi connectivity index (χ2n) is 6.64. The fraction of sp³-hybridized carbons (Fsp3) is 0.333. The zero-order valence-electron chi connectivity index (χ0n) is 15.3. The Kier molecular flexibility index (Phi) is 5.56. The second kappa shape index (κ2) is 8.04. The van der Waals surface area contributed by atoms with E-state index in [0.717, 1.165) is 30.8 Å². The van der Waals surface area contributed by atoms with E-state index in [9.17, 15) is 9.59 Å². The van der Waals surface area contributed by atoms with Crippen molar-refractivity contribution < 1.29 is 9.59 Å². The lowest BCUT2D eigenvalue weighted by atomic mass is 10.1. The molecule has 26 heavy (non-hydrogen) atoms. The van der Waals surface area contributed by atoms with E-state index in [1.54, 1.807) is 12.1 Å². The SMILES string of the molecule is CCC(C)NC(=O)c1ccc(NCC(=O)N2CCc3ccccc32)cc1. The van der Waals surface area contributed by atoms with Gasteiger partial charge in [-0.1, -0.05) is 25.1 Å². The monoisotopic (exact) mass is 351 g/mol. The predicted octanol–water partition coefficient (Wildman–Crippen LogP) is 3.22. The van der Waals surface area contributed by atoms with Crippen molar-refractivity contribution in [3.8, 4) is 0 Å². The van der Waals surface area contributed by atoms with Gasteiger partial charge in [0.05, 0.1) is 6.54 Å². The quantitative estimate of drug-likeness (QED) is 0.840. The maximum atomic E-state index is 12.5. The van der Waals surface area contributed by atoms with E-state index in [1.165, 1.54) is 5.56 Å². The Morgan fingerprint density at radius 2 is 1.85 bits per heavy atom.